The lowest BCUT2D eigenvalue weighted by Gasteiger charge is -2.07. The summed E-state index contributed by atoms with van der Waals surface area (Å²) in [4.78, 5) is 11.7. The zero-order valence-corrected chi connectivity index (χ0v) is 10.9. The average Bonchev–Trinajstić information content (AvgIpc) is 2.81. The molecule has 1 aromatic carbocycles. The van der Waals surface area contributed by atoms with Crippen molar-refractivity contribution >= 4 is 23.0 Å². The van der Waals surface area contributed by atoms with E-state index >= 15 is 0 Å². The van der Waals surface area contributed by atoms with Gasteiger partial charge in [0.1, 0.15) is 16.5 Å². The molecule has 1 aromatic heterocycles. The van der Waals surface area contributed by atoms with E-state index in [1.165, 1.54) is 13.0 Å². The van der Waals surface area contributed by atoms with Gasteiger partial charge in [0, 0.05) is 17.5 Å². The number of anilines is 1. The van der Waals surface area contributed by atoms with Gasteiger partial charge in [-0.2, -0.15) is 0 Å². The summed E-state index contributed by atoms with van der Waals surface area (Å²) in [5, 5.41) is 11.5. The Balaban J connectivity index is 2.09. The van der Waals surface area contributed by atoms with Crippen LogP contribution in [0.1, 0.15) is 20.1 Å². The Kier molecular flexibility index (Phi) is 3.80. The lowest BCUT2D eigenvalue weighted by molar-refractivity contribution is 0.0702. The van der Waals surface area contributed by atoms with Gasteiger partial charge in [-0.05, 0) is 30.7 Å². The molecule has 6 heteroatoms. The Morgan fingerprint density at radius 3 is 2.68 bits per heavy atom. The zero-order chi connectivity index (χ0) is 14.0. The van der Waals surface area contributed by atoms with Crippen LogP contribution in [0.3, 0.4) is 0 Å². The summed E-state index contributed by atoms with van der Waals surface area (Å²) in [5.41, 5.74) is 0.306. The van der Waals surface area contributed by atoms with Gasteiger partial charge in [0.2, 0.25) is 0 Å². The van der Waals surface area contributed by atoms with E-state index in [-0.39, 0.29) is 22.7 Å². The second-order valence-electron chi connectivity index (χ2n) is 4.01. The third-order valence-electron chi connectivity index (χ3n) is 2.57. The highest BCUT2D eigenvalue weighted by molar-refractivity contribution is 7.13. The van der Waals surface area contributed by atoms with Crippen molar-refractivity contribution in [3.8, 4) is 0 Å². The fourth-order valence-corrected chi connectivity index (χ4v) is 2.34. The molecule has 3 nitrogen and oxygen atoms in total. The maximum absolute atomic E-state index is 13.5. The van der Waals surface area contributed by atoms with Crippen LogP contribution in [-0.2, 0) is 6.54 Å². The molecule has 0 unspecified atom stereocenters. The fourth-order valence-electron chi connectivity index (χ4n) is 1.55. The van der Waals surface area contributed by atoms with Crippen LogP contribution in [0.4, 0.5) is 14.5 Å². The highest BCUT2D eigenvalue weighted by Gasteiger charge is 2.09. The molecule has 100 valence electrons. The van der Waals surface area contributed by atoms with Crippen LogP contribution in [0.25, 0.3) is 0 Å². The largest absolute Gasteiger partial charge is 0.477 e. The predicted octanol–water partition coefficient (Wildman–Crippen LogP) is 3.65. The number of benzene rings is 1. The maximum atomic E-state index is 13.5. The summed E-state index contributed by atoms with van der Waals surface area (Å²) in [5.74, 6) is -2.01. The van der Waals surface area contributed by atoms with Crippen molar-refractivity contribution in [3.63, 3.8) is 0 Å². The molecule has 0 radical (unpaired) electrons. The summed E-state index contributed by atoms with van der Waals surface area (Å²) >= 11 is 1.10. The number of rotatable bonds is 4. The molecule has 0 saturated carbocycles. The summed E-state index contributed by atoms with van der Waals surface area (Å²) in [6.45, 7) is 1.73. The van der Waals surface area contributed by atoms with E-state index in [0.29, 0.717) is 0 Å². The predicted molar refractivity (Wildman–Crippen MR) is 69.7 cm³/mol. The number of hydrogen-bond acceptors (Lipinski definition) is 3. The molecule has 0 aliphatic carbocycles. The molecular formula is C13H11F2NO2S. The summed E-state index contributed by atoms with van der Waals surface area (Å²) in [6, 6.07) is 5.34. The Morgan fingerprint density at radius 1 is 1.32 bits per heavy atom. The van der Waals surface area contributed by atoms with Crippen LogP contribution in [0, 0.1) is 18.6 Å². The van der Waals surface area contributed by atoms with Crippen molar-refractivity contribution < 1.29 is 18.7 Å². The average molecular weight is 283 g/mol. The van der Waals surface area contributed by atoms with Crippen LogP contribution in [0.15, 0.2) is 24.3 Å². The number of hydrogen-bond donors (Lipinski definition) is 2. The molecule has 2 aromatic rings. The van der Waals surface area contributed by atoms with Crippen molar-refractivity contribution in [1.29, 1.82) is 0 Å². The lowest BCUT2D eigenvalue weighted by Crippen LogP contribution is -2.01. The van der Waals surface area contributed by atoms with E-state index < -0.39 is 17.6 Å². The molecule has 2 rings (SSSR count). The molecular weight excluding hydrogens is 272 g/mol. The highest BCUT2D eigenvalue weighted by Crippen LogP contribution is 2.22. The maximum Gasteiger partial charge on any atom is 0.345 e. The number of carboxylic acids is 1. The Labute approximate surface area is 112 Å². The molecule has 0 fully saturated rings. The van der Waals surface area contributed by atoms with Crippen molar-refractivity contribution in [2.45, 2.75) is 13.5 Å². The molecule has 1 heterocycles. The molecule has 2 N–H and O–H groups in total. The normalized spacial score (nSPS) is 10.5. The van der Waals surface area contributed by atoms with Crippen LogP contribution in [0.2, 0.25) is 0 Å². The second-order valence-corrected chi connectivity index (χ2v) is 5.17. The summed E-state index contributed by atoms with van der Waals surface area (Å²) in [6.07, 6.45) is 0. The van der Waals surface area contributed by atoms with Gasteiger partial charge in [-0.15, -0.1) is 11.3 Å². The third kappa shape index (κ3) is 3.08. The van der Waals surface area contributed by atoms with Crippen LogP contribution in [0.5, 0.6) is 0 Å². The van der Waals surface area contributed by atoms with E-state index in [0.717, 1.165) is 28.3 Å². The smallest absolute Gasteiger partial charge is 0.345 e. The van der Waals surface area contributed by atoms with Gasteiger partial charge < -0.3 is 10.4 Å². The van der Waals surface area contributed by atoms with Gasteiger partial charge in [-0.3, -0.25) is 0 Å². The van der Waals surface area contributed by atoms with Crippen molar-refractivity contribution in [2.75, 3.05) is 5.32 Å². The quantitative estimate of drug-likeness (QED) is 0.900. The first kappa shape index (κ1) is 13.5. The van der Waals surface area contributed by atoms with Gasteiger partial charge in [0.15, 0.2) is 0 Å². The van der Waals surface area contributed by atoms with Gasteiger partial charge in [-0.25, -0.2) is 13.6 Å². The molecule has 0 saturated heterocycles. The first-order chi connectivity index (χ1) is 8.97. The second kappa shape index (κ2) is 5.36. The number of thiophene rings is 1. The molecule has 0 amide bonds. The molecule has 0 bridgehead atoms. The monoisotopic (exact) mass is 283 g/mol. The summed E-state index contributed by atoms with van der Waals surface area (Å²) < 4.78 is 26.9. The van der Waals surface area contributed by atoms with Crippen LogP contribution in [-0.4, -0.2) is 11.1 Å². The van der Waals surface area contributed by atoms with Crippen molar-refractivity contribution in [1.82, 2.24) is 0 Å². The third-order valence-corrected chi connectivity index (χ3v) is 3.65. The zero-order valence-electron chi connectivity index (χ0n) is 10.0. The Bertz CT molecular complexity index is 625. The van der Waals surface area contributed by atoms with E-state index in [2.05, 4.69) is 5.32 Å². The number of aromatic carboxylic acids is 1. The standard InChI is InChI=1S/C13H11F2NO2S/c1-7-4-10(15)11(5-9(7)14)16-6-8-2-3-12(19-8)13(17)18/h2-5,16H,6H2,1H3,(H,17,18). The van der Waals surface area contributed by atoms with E-state index in [1.54, 1.807) is 6.07 Å². The number of halogens is 2. The van der Waals surface area contributed by atoms with Gasteiger partial charge in [0.05, 0.1) is 5.69 Å². The molecule has 0 spiro atoms. The van der Waals surface area contributed by atoms with Crippen LogP contribution >= 0.6 is 11.3 Å². The molecule has 0 aliphatic heterocycles. The topological polar surface area (TPSA) is 49.3 Å². The lowest BCUT2D eigenvalue weighted by atomic mass is 10.2. The van der Waals surface area contributed by atoms with Gasteiger partial charge in [0.25, 0.3) is 0 Å². The first-order valence-electron chi connectivity index (χ1n) is 5.49. The number of nitrogens with one attached hydrogen (secondary N) is 1. The van der Waals surface area contributed by atoms with Crippen molar-refractivity contribution in [2.24, 2.45) is 0 Å². The van der Waals surface area contributed by atoms with E-state index in [1.807, 2.05) is 0 Å². The SMILES string of the molecule is Cc1cc(F)c(NCc2ccc(C(=O)O)s2)cc1F. The van der Waals surface area contributed by atoms with Crippen molar-refractivity contribution in [3.05, 3.63) is 51.2 Å². The minimum absolute atomic E-state index is 0.0633. The number of aryl methyl sites for hydroxylation is 1. The van der Waals surface area contributed by atoms with Crippen LogP contribution < -0.4 is 5.32 Å². The molecule has 0 atom stereocenters. The molecule has 19 heavy (non-hydrogen) atoms. The Morgan fingerprint density at radius 2 is 2.05 bits per heavy atom. The number of carbonyl (C=O) groups is 1. The minimum Gasteiger partial charge on any atom is -0.477 e. The number of carboxylic acid groups (broad SMARTS) is 1. The minimum atomic E-state index is -0.996. The van der Waals surface area contributed by atoms with Gasteiger partial charge >= 0.3 is 5.97 Å². The van der Waals surface area contributed by atoms with Gasteiger partial charge in [-0.1, -0.05) is 0 Å². The van der Waals surface area contributed by atoms with E-state index in [9.17, 15) is 13.6 Å². The Hall–Kier alpha value is -1.95. The molecule has 0 aliphatic rings. The summed E-state index contributed by atoms with van der Waals surface area (Å²) in [7, 11) is 0. The first-order valence-corrected chi connectivity index (χ1v) is 6.30. The highest BCUT2D eigenvalue weighted by atomic mass is 32.1. The van der Waals surface area contributed by atoms with E-state index in [4.69, 9.17) is 5.11 Å². The fraction of sp³-hybridized carbons (Fsp3) is 0.154.